The Hall–Kier alpha value is -2.43. The smallest absolute Gasteiger partial charge is 0.287 e. The molecule has 0 heterocycles. The van der Waals surface area contributed by atoms with E-state index >= 15 is 0 Å². The average Bonchev–Trinajstić information content (AvgIpc) is 2.52. The Labute approximate surface area is 126 Å². The van der Waals surface area contributed by atoms with E-state index in [1.165, 1.54) is 30.3 Å². The molecule has 5 heteroatoms. The number of hydrogen-bond donors (Lipinski definition) is 0. The van der Waals surface area contributed by atoms with E-state index in [1.54, 1.807) is 24.3 Å². The van der Waals surface area contributed by atoms with Gasteiger partial charge in [-0.1, -0.05) is 55.5 Å². The van der Waals surface area contributed by atoms with Crippen molar-refractivity contribution in [2.24, 2.45) is 4.99 Å². The van der Waals surface area contributed by atoms with Gasteiger partial charge in [-0.15, -0.1) is 0 Å². The number of aliphatic imine (C=N–C) groups is 1. The molecule has 0 radical (unpaired) electrons. The van der Waals surface area contributed by atoms with E-state index in [-0.39, 0.29) is 11.3 Å². The number of Topliss-reactive ketones (excluding diaryl/α,β-unsaturated/α-hetero) is 1. The number of benzene rings is 2. The quantitative estimate of drug-likeness (QED) is 0.591. The van der Waals surface area contributed by atoms with Crippen LogP contribution in [0.3, 0.4) is 0 Å². The third kappa shape index (κ3) is 3.61. The lowest BCUT2D eigenvalue weighted by Crippen LogP contribution is -2.31. The molecule has 0 atom stereocenters. The second kappa shape index (κ2) is 6.56. The van der Waals surface area contributed by atoms with Gasteiger partial charge in [0.05, 0.1) is 5.69 Å². The maximum Gasteiger partial charge on any atom is 0.437 e. The monoisotopic (exact) mass is 305 g/mol. The van der Waals surface area contributed by atoms with Gasteiger partial charge in [0.2, 0.25) is 5.78 Å². The Morgan fingerprint density at radius 1 is 1.00 bits per heavy atom. The van der Waals surface area contributed by atoms with E-state index < -0.39 is 17.7 Å². The van der Waals surface area contributed by atoms with Gasteiger partial charge in [0.15, 0.2) is 5.71 Å². The van der Waals surface area contributed by atoms with Crippen LogP contribution in [0.5, 0.6) is 0 Å². The minimum absolute atomic E-state index is 0.0347. The average molecular weight is 305 g/mol. The van der Waals surface area contributed by atoms with Crippen molar-refractivity contribution in [1.29, 1.82) is 0 Å². The van der Waals surface area contributed by atoms with Crippen LogP contribution in [0, 0.1) is 0 Å². The van der Waals surface area contributed by atoms with Crippen molar-refractivity contribution >= 4 is 17.2 Å². The van der Waals surface area contributed by atoms with Crippen LogP contribution in [0.15, 0.2) is 59.6 Å². The summed E-state index contributed by atoms with van der Waals surface area (Å²) in [5, 5.41) is 0. The third-order valence-electron chi connectivity index (χ3n) is 3.12. The zero-order valence-corrected chi connectivity index (χ0v) is 11.9. The Kier molecular flexibility index (Phi) is 4.75. The molecule has 2 rings (SSSR count). The highest BCUT2D eigenvalue weighted by molar-refractivity contribution is 6.48. The predicted octanol–water partition coefficient (Wildman–Crippen LogP) is 4.77. The van der Waals surface area contributed by atoms with Gasteiger partial charge in [0.1, 0.15) is 0 Å². The highest BCUT2D eigenvalue weighted by atomic mass is 19.4. The van der Waals surface area contributed by atoms with Gasteiger partial charge in [0, 0.05) is 5.56 Å². The van der Waals surface area contributed by atoms with Crippen molar-refractivity contribution in [2.75, 3.05) is 0 Å². The summed E-state index contributed by atoms with van der Waals surface area (Å²) < 4.78 is 39.7. The summed E-state index contributed by atoms with van der Waals surface area (Å²) in [6, 6.07) is 13.8. The van der Waals surface area contributed by atoms with E-state index in [4.69, 9.17) is 0 Å². The predicted molar refractivity (Wildman–Crippen MR) is 79.7 cm³/mol. The molecule has 0 aliphatic carbocycles. The fourth-order valence-corrected chi connectivity index (χ4v) is 2.01. The molecule has 0 saturated carbocycles. The van der Waals surface area contributed by atoms with Gasteiger partial charge < -0.3 is 0 Å². The van der Waals surface area contributed by atoms with Gasteiger partial charge in [-0.2, -0.15) is 13.2 Å². The lowest BCUT2D eigenvalue weighted by atomic mass is 10.1. The summed E-state index contributed by atoms with van der Waals surface area (Å²) in [7, 11) is 0. The number of halogens is 3. The van der Waals surface area contributed by atoms with Crippen molar-refractivity contribution in [3.8, 4) is 0 Å². The Balaban J connectivity index is 2.52. The number of carbonyl (C=O) groups excluding carboxylic acids is 1. The molecule has 0 bridgehead atoms. The van der Waals surface area contributed by atoms with Gasteiger partial charge in [-0.3, -0.25) is 4.79 Å². The van der Waals surface area contributed by atoms with Crippen molar-refractivity contribution in [3.63, 3.8) is 0 Å². The minimum Gasteiger partial charge on any atom is -0.287 e. The molecule has 0 fully saturated rings. The molecular weight excluding hydrogens is 291 g/mol. The van der Waals surface area contributed by atoms with Gasteiger partial charge in [0.25, 0.3) is 0 Å². The fraction of sp³-hybridized carbons (Fsp3) is 0.176. The molecule has 0 aromatic heterocycles. The summed E-state index contributed by atoms with van der Waals surface area (Å²) in [6.45, 7) is 1.82. The number of para-hydroxylation sites is 1. The molecule has 0 aliphatic heterocycles. The molecule has 0 aliphatic rings. The number of aryl methyl sites for hydroxylation is 1. The SMILES string of the molecule is CCc1ccccc1N=C(C(=O)c1ccccc1)C(F)(F)F. The topological polar surface area (TPSA) is 29.4 Å². The fourth-order valence-electron chi connectivity index (χ4n) is 2.01. The zero-order chi connectivity index (χ0) is 16.2. The largest absolute Gasteiger partial charge is 0.437 e. The highest BCUT2D eigenvalue weighted by Crippen LogP contribution is 2.26. The summed E-state index contributed by atoms with van der Waals surface area (Å²) in [6.07, 6.45) is -4.28. The van der Waals surface area contributed by atoms with Crippen LogP contribution >= 0.6 is 0 Å². The van der Waals surface area contributed by atoms with Crippen molar-refractivity contribution in [2.45, 2.75) is 19.5 Å². The lowest BCUT2D eigenvalue weighted by Gasteiger charge is -2.11. The maximum absolute atomic E-state index is 13.2. The molecular formula is C17H14F3NO. The minimum atomic E-state index is -4.81. The van der Waals surface area contributed by atoms with Crippen molar-refractivity contribution in [3.05, 3.63) is 65.7 Å². The maximum atomic E-state index is 13.2. The number of carbonyl (C=O) groups is 1. The number of nitrogens with zero attached hydrogens (tertiary/aromatic N) is 1. The second-order valence-electron chi connectivity index (χ2n) is 4.64. The van der Waals surface area contributed by atoms with Crippen molar-refractivity contribution < 1.29 is 18.0 Å². The van der Waals surface area contributed by atoms with Crippen molar-refractivity contribution in [1.82, 2.24) is 0 Å². The zero-order valence-electron chi connectivity index (χ0n) is 11.9. The van der Waals surface area contributed by atoms with Crippen LogP contribution in [-0.4, -0.2) is 17.7 Å². The Bertz CT molecular complexity index is 691. The van der Waals surface area contributed by atoms with E-state index in [9.17, 15) is 18.0 Å². The lowest BCUT2D eigenvalue weighted by molar-refractivity contribution is -0.0581. The Morgan fingerprint density at radius 3 is 2.18 bits per heavy atom. The normalized spacial score (nSPS) is 12.3. The molecule has 0 spiro atoms. The van der Waals surface area contributed by atoms with E-state index in [0.717, 1.165) is 0 Å². The molecule has 2 aromatic rings. The Morgan fingerprint density at radius 2 is 1.59 bits per heavy atom. The molecule has 0 unspecified atom stereocenters. The van der Waals surface area contributed by atoms with E-state index in [0.29, 0.717) is 12.0 Å². The molecule has 0 saturated heterocycles. The van der Waals surface area contributed by atoms with Gasteiger partial charge in [-0.05, 0) is 18.1 Å². The summed E-state index contributed by atoms with van der Waals surface area (Å²) in [5.74, 6) is -1.13. The van der Waals surface area contributed by atoms with Crippen LogP contribution in [0.4, 0.5) is 18.9 Å². The second-order valence-corrected chi connectivity index (χ2v) is 4.64. The first-order chi connectivity index (χ1) is 10.4. The molecule has 0 N–H and O–H groups in total. The summed E-state index contributed by atoms with van der Waals surface area (Å²) in [4.78, 5) is 15.8. The third-order valence-corrected chi connectivity index (χ3v) is 3.12. The number of hydrogen-bond acceptors (Lipinski definition) is 2. The number of rotatable bonds is 4. The van der Waals surface area contributed by atoms with Gasteiger partial charge >= 0.3 is 6.18 Å². The number of alkyl halides is 3. The van der Waals surface area contributed by atoms with Crippen LogP contribution in [0.2, 0.25) is 0 Å². The summed E-state index contributed by atoms with van der Waals surface area (Å²) >= 11 is 0. The van der Waals surface area contributed by atoms with E-state index in [2.05, 4.69) is 4.99 Å². The molecule has 2 aromatic carbocycles. The van der Waals surface area contributed by atoms with Crippen LogP contribution in [0.25, 0.3) is 0 Å². The molecule has 22 heavy (non-hydrogen) atoms. The molecule has 2 nitrogen and oxygen atoms in total. The van der Waals surface area contributed by atoms with Gasteiger partial charge in [-0.25, -0.2) is 4.99 Å². The molecule has 0 amide bonds. The van der Waals surface area contributed by atoms with Crippen LogP contribution < -0.4 is 0 Å². The van der Waals surface area contributed by atoms with Crippen LogP contribution in [0.1, 0.15) is 22.8 Å². The first kappa shape index (κ1) is 15.9. The van der Waals surface area contributed by atoms with E-state index in [1.807, 2.05) is 6.92 Å². The number of ketones is 1. The van der Waals surface area contributed by atoms with Crippen LogP contribution in [-0.2, 0) is 6.42 Å². The first-order valence-electron chi connectivity index (χ1n) is 6.77. The standard InChI is InChI=1S/C17H14F3NO/c1-2-12-8-6-7-11-14(12)21-16(17(18,19)20)15(22)13-9-4-3-5-10-13/h3-11H,2H2,1H3. The first-order valence-corrected chi connectivity index (χ1v) is 6.77. The summed E-state index contributed by atoms with van der Waals surface area (Å²) in [5.41, 5.74) is -0.612. The highest BCUT2D eigenvalue weighted by Gasteiger charge is 2.41. The molecule has 114 valence electrons.